The number of ether oxygens (including phenoxy) is 1. The van der Waals surface area contributed by atoms with Crippen molar-refractivity contribution in [2.45, 2.75) is 6.92 Å². The number of nitrogens with one attached hydrogen (secondary N) is 1. The Bertz CT molecular complexity index is 914. The molecule has 0 radical (unpaired) electrons. The fourth-order valence-electron chi connectivity index (χ4n) is 2.60. The first-order chi connectivity index (χ1) is 12.1. The summed E-state index contributed by atoms with van der Waals surface area (Å²) in [5.41, 5.74) is 3.23. The summed E-state index contributed by atoms with van der Waals surface area (Å²) in [7, 11) is 1.31. The first-order valence-electron chi connectivity index (χ1n) is 7.83. The van der Waals surface area contributed by atoms with Crippen molar-refractivity contribution >= 4 is 17.6 Å². The SMILES string of the molecule is COC(=O)c1ccccc1NC(=O)c1ccc(C)c(-n2cccc2)c1. The molecule has 25 heavy (non-hydrogen) atoms. The molecule has 5 heteroatoms. The lowest BCUT2D eigenvalue weighted by Gasteiger charge is -2.12. The molecule has 3 aromatic rings. The number of aryl methyl sites for hydroxylation is 1. The molecule has 0 aliphatic rings. The molecule has 0 aliphatic carbocycles. The standard InChI is InChI=1S/C20H18N2O3/c1-14-9-10-15(13-18(14)22-11-5-6-12-22)19(23)21-17-8-4-3-7-16(17)20(24)25-2/h3-13H,1-2H3,(H,21,23). The lowest BCUT2D eigenvalue weighted by molar-refractivity contribution is 0.0602. The largest absolute Gasteiger partial charge is 0.465 e. The van der Waals surface area contributed by atoms with Gasteiger partial charge in [0.1, 0.15) is 0 Å². The van der Waals surface area contributed by atoms with Crippen molar-refractivity contribution in [1.82, 2.24) is 4.57 Å². The van der Waals surface area contributed by atoms with Crippen LogP contribution >= 0.6 is 0 Å². The number of carbonyl (C=O) groups excluding carboxylic acids is 2. The Morgan fingerprint density at radius 1 is 1.00 bits per heavy atom. The number of methoxy groups -OCH3 is 1. The van der Waals surface area contributed by atoms with Gasteiger partial charge in [0.2, 0.25) is 0 Å². The fraction of sp³-hybridized carbons (Fsp3) is 0.100. The average Bonchev–Trinajstić information content (AvgIpc) is 3.16. The number of para-hydroxylation sites is 1. The third-order valence-electron chi connectivity index (χ3n) is 3.93. The Hall–Kier alpha value is -3.34. The third-order valence-corrected chi connectivity index (χ3v) is 3.93. The summed E-state index contributed by atoms with van der Waals surface area (Å²) in [4.78, 5) is 24.5. The number of carbonyl (C=O) groups is 2. The minimum absolute atomic E-state index is 0.287. The molecule has 1 heterocycles. The van der Waals surface area contributed by atoms with Gasteiger partial charge in [-0.1, -0.05) is 18.2 Å². The molecular weight excluding hydrogens is 316 g/mol. The van der Waals surface area contributed by atoms with E-state index in [1.54, 1.807) is 30.3 Å². The average molecular weight is 334 g/mol. The maximum absolute atomic E-state index is 12.6. The van der Waals surface area contributed by atoms with Gasteiger partial charge in [0.05, 0.1) is 18.4 Å². The molecule has 0 atom stereocenters. The molecule has 3 rings (SSSR count). The van der Waals surface area contributed by atoms with Crippen molar-refractivity contribution in [3.05, 3.63) is 83.7 Å². The van der Waals surface area contributed by atoms with E-state index in [-0.39, 0.29) is 5.91 Å². The van der Waals surface area contributed by atoms with Crippen LogP contribution in [0.25, 0.3) is 5.69 Å². The molecule has 126 valence electrons. The number of hydrogen-bond donors (Lipinski definition) is 1. The highest BCUT2D eigenvalue weighted by Gasteiger charge is 2.15. The molecule has 0 bridgehead atoms. The quantitative estimate of drug-likeness (QED) is 0.738. The normalized spacial score (nSPS) is 10.3. The number of nitrogens with zero attached hydrogens (tertiary/aromatic N) is 1. The van der Waals surface area contributed by atoms with Crippen LogP contribution in [0.3, 0.4) is 0 Å². The Kier molecular flexibility index (Phi) is 4.66. The summed E-state index contributed by atoms with van der Waals surface area (Å²) in [5.74, 6) is -0.780. The van der Waals surface area contributed by atoms with E-state index < -0.39 is 5.97 Å². The molecule has 1 aromatic heterocycles. The molecule has 0 fully saturated rings. The summed E-state index contributed by atoms with van der Waals surface area (Å²) in [6.45, 7) is 1.99. The highest BCUT2D eigenvalue weighted by Crippen LogP contribution is 2.20. The van der Waals surface area contributed by atoms with Crippen molar-refractivity contribution in [2.24, 2.45) is 0 Å². The Morgan fingerprint density at radius 3 is 2.44 bits per heavy atom. The number of amides is 1. The highest BCUT2D eigenvalue weighted by atomic mass is 16.5. The summed E-state index contributed by atoms with van der Waals surface area (Å²) in [6, 6.07) is 16.1. The Morgan fingerprint density at radius 2 is 1.72 bits per heavy atom. The maximum Gasteiger partial charge on any atom is 0.339 e. The van der Waals surface area contributed by atoms with Crippen LogP contribution in [-0.4, -0.2) is 23.6 Å². The summed E-state index contributed by atoms with van der Waals surface area (Å²) in [6.07, 6.45) is 3.85. The molecule has 1 amide bonds. The molecule has 0 unspecified atom stereocenters. The van der Waals surface area contributed by atoms with E-state index in [1.165, 1.54) is 7.11 Å². The molecule has 0 aliphatic heterocycles. The topological polar surface area (TPSA) is 60.3 Å². The van der Waals surface area contributed by atoms with Gasteiger partial charge in [-0.3, -0.25) is 4.79 Å². The van der Waals surface area contributed by atoms with Gasteiger partial charge in [-0.05, 0) is 48.9 Å². The number of esters is 1. The first-order valence-corrected chi connectivity index (χ1v) is 7.83. The van der Waals surface area contributed by atoms with Crippen molar-refractivity contribution in [2.75, 3.05) is 12.4 Å². The van der Waals surface area contributed by atoms with Crippen molar-refractivity contribution < 1.29 is 14.3 Å². The van der Waals surface area contributed by atoms with E-state index in [9.17, 15) is 9.59 Å². The smallest absolute Gasteiger partial charge is 0.339 e. The van der Waals surface area contributed by atoms with E-state index in [1.807, 2.05) is 48.1 Å². The highest BCUT2D eigenvalue weighted by molar-refractivity contribution is 6.08. The first kappa shape index (κ1) is 16.5. The van der Waals surface area contributed by atoms with Crippen LogP contribution < -0.4 is 5.32 Å². The van der Waals surface area contributed by atoms with E-state index >= 15 is 0 Å². The zero-order valence-electron chi connectivity index (χ0n) is 14.0. The minimum Gasteiger partial charge on any atom is -0.465 e. The van der Waals surface area contributed by atoms with Crippen LogP contribution in [0, 0.1) is 6.92 Å². The van der Waals surface area contributed by atoms with E-state index in [0.29, 0.717) is 16.8 Å². The Balaban J connectivity index is 1.90. The van der Waals surface area contributed by atoms with Gasteiger partial charge in [-0.2, -0.15) is 0 Å². The number of benzene rings is 2. The third kappa shape index (κ3) is 3.45. The van der Waals surface area contributed by atoms with E-state index in [0.717, 1.165) is 11.3 Å². The molecule has 5 nitrogen and oxygen atoms in total. The molecule has 0 saturated carbocycles. The van der Waals surface area contributed by atoms with Crippen LogP contribution in [0.15, 0.2) is 67.0 Å². The van der Waals surface area contributed by atoms with Crippen LogP contribution in [0.1, 0.15) is 26.3 Å². The van der Waals surface area contributed by atoms with E-state index in [4.69, 9.17) is 4.74 Å². The van der Waals surface area contributed by atoms with Crippen LogP contribution in [0.4, 0.5) is 5.69 Å². The number of aromatic nitrogens is 1. The van der Waals surface area contributed by atoms with Crippen LogP contribution in [-0.2, 0) is 4.74 Å². The maximum atomic E-state index is 12.6. The van der Waals surface area contributed by atoms with Crippen LogP contribution in [0.5, 0.6) is 0 Å². The predicted molar refractivity (Wildman–Crippen MR) is 96.2 cm³/mol. The van der Waals surface area contributed by atoms with Crippen molar-refractivity contribution in [3.8, 4) is 5.69 Å². The zero-order valence-corrected chi connectivity index (χ0v) is 14.0. The number of rotatable bonds is 4. The minimum atomic E-state index is -0.493. The van der Waals surface area contributed by atoms with Gasteiger partial charge >= 0.3 is 5.97 Å². The van der Waals surface area contributed by atoms with Gasteiger partial charge < -0.3 is 14.6 Å². The van der Waals surface area contributed by atoms with Crippen molar-refractivity contribution in [1.29, 1.82) is 0 Å². The second-order valence-corrected chi connectivity index (χ2v) is 5.58. The monoisotopic (exact) mass is 334 g/mol. The van der Waals surface area contributed by atoms with E-state index in [2.05, 4.69) is 5.32 Å². The Labute approximate surface area is 145 Å². The molecule has 2 aromatic carbocycles. The van der Waals surface area contributed by atoms with Gasteiger partial charge in [-0.15, -0.1) is 0 Å². The van der Waals surface area contributed by atoms with Crippen LogP contribution in [0.2, 0.25) is 0 Å². The van der Waals surface area contributed by atoms with Gasteiger partial charge in [0, 0.05) is 23.6 Å². The molecule has 1 N–H and O–H groups in total. The van der Waals surface area contributed by atoms with Gasteiger partial charge in [-0.25, -0.2) is 4.79 Å². The molecule has 0 spiro atoms. The second-order valence-electron chi connectivity index (χ2n) is 5.58. The summed E-state index contributed by atoms with van der Waals surface area (Å²) in [5, 5.41) is 2.78. The lowest BCUT2D eigenvalue weighted by Crippen LogP contribution is -2.15. The fourth-order valence-corrected chi connectivity index (χ4v) is 2.60. The second kappa shape index (κ2) is 7.05. The van der Waals surface area contributed by atoms with Gasteiger partial charge in [0.15, 0.2) is 0 Å². The number of anilines is 1. The zero-order chi connectivity index (χ0) is 17.8. The predicted octanol–water partition coefficient (Wildman–Crippen LogP) is 3.82. The van der Waals surface area contributed by atoms with Crippen molar-refractivity contribution in [3.63, 3.8) is 0 Å². The summed E-state index contributed by atoms with van der Waals surface area (Å²) < 4.78 is 6.71. The molecular formula is C20H18N2O3. The molecule has 0 saturated heterocycles. The van der Waals surface area contributed by atoms with Gasteiger partial charge in [0.25, 0.3) is 5.91 Å². The summed E-state index contributed by atoms with van der Waals surface area (Å²) >= 11 is 0. The number of hydrogen-bond acceptors (Lipinski definition) is 3. The lowest BCUT2D eigenvalue weighted by atomic mass is 10.1.